The number of nitriles is 1. The highest BCUT2D eigenvalue weighted by Crippen LogP contribution is 2.34. The normalized spacial score (nSPS) is 17.3. The van der Waals surface area contributed by atoms with Crippen LogP contribution < -0.4 is 10.5 Å². The third kappa shape index (κ3) is 3.17. The molecule has 3 rings (SSSR count). The minimum atomic E-state index is -2.12. The summed E-state index contributed by atoms with van der Waals surface area (Å²) in [5.41, 5.74) is 0.269. The van der Waals surface area contributed by atoms with Crippen LogP contribution in [0.25, 0.3) is 10.9 Å². The molecule has 26 heavy (non-hydrogen) atoms. The first-order valence-corrected chi connectivity index (χ1v) is 8.40. The van der Waals surface area contributed by atoms with Crippen molar-refractivity contribution in [2.24, 2.45) is 0 Å². The fourth-order valence-corrected chi connectivity index (χ4v) is 3.28. The summed E-state index contributed by atoms with van der Waals surface area (Å²) in [5.74, 6) is -2.12. The maximum Gasteiger partial charge on any atom is 0.268 e. The van der Waals surface area contributed by atoms with Crippen molar-refractivity contribution in [3.8, 4) is 6.07 Å². The van der Waals surface area contributed by atoms with E-state index in [1.54, 1.807) is 7.11 Å². The highest BCUT2D eigenvalue weighted by molar-refractivity contribution is 5.94. The molecular formula is C18H22N4O4. The first-order valence-electron chi connectivity index (χ1n) is 8.40. The first-order chi connectivity index (χ1) is 12.2. The molecular weight excluding hydrogens is 336 g/mol. The van der Waals surface area contributed by atoms with Crippen LogP contribution in [0, 0.1) is 11.3 Å². The molecule has 0 spiro atoms. The average Bonchev–Trinajstić information content (AvgIpc) is 2.60. The highest BCUT2D eigenvalue weighted by Gasteiger charge is 2.32. The van der Waals surface area contributed by atoms with E-state index < -0.39 is 11.3 Å². The van der Waals surface area contributed by atoms with Crippen LogP contribution in [0.3, 0.4) is 0 Å². The van der Waals surface area contributed by atoms with Crippen LogP contribution in [-0.2, 0) is 10.5 Å². The number of nitrogens with one attached hydrogen (secondary N) is 1. The molecule has 0 bridgehead atoms. The van der Waals surface area contributed by atoms with E-state index in [1.807, 2.05) is 17.9 Å². The number of H-pyrrole nitrogens is 1. The SMILES string of the molecule is COC1(C)CCN(c2c(C#N)c(=O)[nH]c3cnc(C(C)(O)O)cc23)CC1. The lowest BCUT2D eigenvalue weighted by Gasteiger charge is -2.40. The predicted octanol–water partition coefficient (Wildman–Crippen LogP) is 0.957. The van der Waals surface area contributed by atoms with Crippen molar-refractivity contribution in [1.29, 1.82) is 5.26 Å². The summed E-state index contributed by atoms with van der Waals surface area (Å²) in [5, 5.41) is 29.8. The Balaban J connectivity index is 2.19. The number of pyridine rings is 2. The molecule has 0 saturated carbocycles. The van der Waals surface area contributed by atoms with E-state index in [0.717, 1.165) is 12.8 Å². The maximum atomic E-state index is 12.3. The summed E-state index contributed by atoms with van der Waals surface area (Å²) in [6.07, 6.45) is 2.88. The number of hydrogen-bond donors (Lipinski definition) is 3. The number of ether oxygens (including phenoxy) is 1. The monoisotopic (exact) mass is 358 g/mol. The molecule has 0 radical (unpaired) electrons. The molecule has 1 fully saturated rings. The molecule has 0 unspecified atom stereocenters. The second-order valence-corrected chi connectivity index (χ2v) is 7.07. The van der Waals surface area contributed by atoms with Gasteiger partial charge in [0, 0.05) is 25.6 Å². The van der Waals surface area contributed by atoms with Gasteiger partial charge in [0.05, 0.1) is 28.7 Å². The summed E-state index contributed by atoms with van der Waals surface area (Å²) in [4.78, 5) is 21.0. The summed E-state index contributed by atoms with van der Waals surface area (Å²) in [6, 6.07) is 3.49. The fourth-order valence-electron chi connectivity index (χ4n) is 3.28. The number of methoxy groups -OCH3 is 1. The van der Waals surface area contributed by atoms with E-state index in [-0.39, 0.29) is 16.9 Å². The van der Waals surface area contributed by atoms with Crippen molar-refractivity contribution in [3.63, 3.8) is 0 Å². The molecule has 8 heteroatoms. The van der Waals surface area contributed by atoms with E-state index in [9.17, 15) is 20.3 Å². The predicted molar refractivity (Wildman–Crippen MR) is 95.7 cm³/mol. The lowest BCUT2D eigenvalue weighted by molar-refractivity contribution is -0.155. The van der Waals surface area contributed by atoms with Crippen LogP contribution >= 0.6 is 0 Å². The largest absolute Gasteiger partial charge is 0.378 e. The lowest BCUT2D eigenvalue weighted by atomic mass is 9.92. The number of aromatic nitrogens is 2. The molecule has 2 aromatic rings. The van der Waals surface area contributed by atoms with E-state index >= 15 is 0 Å². The zero-order valence-electron chi connectivity index (χ0n) is 15.0. The zero-order valence-corrected chi connectivity index (χ0v) is 15.0. The summed E-state index contributed by atoms with van der Waals surface area (Å²) in [7, 11) is 1.68. The van der Waals surface area contributed by atoms with Crippen molar-refractivity contribution < 1.29 is 14.9 Å². The van der Waals surface area contributed by atoms with Crippen LogP contribution in [-0.4, -0.2) is 46.0 Å². The van der Waals surface area contributed by atoms with Crippen LogP contribution in [0.15, 0.2) is 17.1 Å². The molecule has 0 atom stereocenters. The van der Waals surface area contributed by atoms with Gasteiger partial charge >= 0.3 is 0 Å². The number of rotatable bonds is 3. The summed E-state index contributed by atoms with van der Waals surface area (Å²) in [6.45, 7) is 4.48. The molecule has 1 saturated heterocycles. The van der Waals surface area contributed by atoms with Gasteiger partial charge in [0.15, 0.2) is 0 Å². The van der Waals surface area contributed by atoms with Crippen molar-refractivity contribution in [1.82, 2.24) is 9.97 Å². The van der Waals surface area contributed by atoms with Crippen molar-refractivity contribution in [2.75, 3.05) is 25.1 Å². The van der Waals surface area contributed by atoms with Gasteiger partial charge < -0.3 is 24.8 Å². The van der Waals surface area contributed by atoms with Gasteiger partial charge in [-0.25, -0.2) is 0 Å². The van der Waals surface area contributed by atoms with Crippen LogP contribution in [0.2, 0.25) is 0 Å². The number of fused-ring (bicyclic) bond motifs is 1. The quantitative estimate of drug-likeness (QED) is 0.698. The van der Waals surface area contributed by atoms with Crippen LogP contribution in [0.1, 0.15) is 37.9 Å². The van der Waals surface area contributed by atoms with Gasteiger partial charge in [-0.1, -0.05) is 0 Å². The minimum Gasteiger partial charge on any atom is -0.378 e. The molecule has 3 N–H and O–H groups in total. The number of piperidine rings is 1. The second-order valence-electron chi connectivity index (χ2n) is 7.07. The Hall–Kier alpha value is -2.47. The Morgan fingerprint density at radius 1 is 1.42 bits per heavy atom. The van der Waals surface area contributed by atoms with Gasteiger partial charge in [0.2, 0.25) is 5.79 Å². The number of aromatic amines is 1. The van der Waals surface area contributed by atoms with Crippen molar-refractivity contribution in [2.45, 2.75) is 38.1 Å². The number of aliphatic hydroxyl groups is 2. The Morgan fingerprint density at radius 3 is 2.62 bits per heavy atom. The molecule has 0 aromatic carbocycles. The van der Waals surface area contributed by atoms with E-state index in [0.29, 0.717) is 29.7 Å². The van der Waals surface area contributed by atoms with E-state index in [1.165, 1.54) is 19.2 Å². The first kappa shape index (κ1) is 18.3. The van der Waals surface area contributed by atoms with E-state index in [4.69, 9.17) is 4.74 Å². The Labute approximate surface area is 150 Å². The van der Waals surface area contributed by atoms with Crippen LogP contribution in [0.5, 0.6) is 0 Å². The van der Waals surface area contributed by atoms with Gasteiger partial charge in [-0.05, 0) is 32.8 Å². The molecule has 2 aromatic heterocycles. The topological polar surface area (TPSA) is 122 Å². The standard InChI is InChI=1S/C18H22N4O4/c1-17(26-3)4-6-22(7-5-17)15-11-8-14(18(2,24)25)20-10-13(11)21-16(23)12(15)9-19/h8,10,24-25H,4-7H2,1-3H3,(H,21,23). The Kier molecular flexibility index (Phi) is 4.48. The smallest absolute Gasteiger partial charge is 0.268 e. The average molecular weight is 358 g/mol. The summed E-state index contributed by atoms with van der Waals surface area (Å²) >= 11 is 0. The van der Waals surface area contributed by atoms with E-state index in [2.05, 4.69) is 9.97 Å². The van der Waals surface area contributed by atoms with Gasteiger partial charge in [0.25, 0.3) is 5.56 Å². The zero-order chi connectivity index (χ0) is 19.1. The Bertz CT molecular complexity index is 931. The molecule has 0 aliphatic carbocycles. The van der Waals surface area contributed by atoms with Gasteiger partial charge in [0.1, 0.15) is 11.6 Å². The Morgan fingerprint density at radius 2 is 2.08 bits per heavy atom. The third-order valence-corrected chi connectivity index (χ3v) is 5.10. The molecule has 138 valence electrons. The fraction of sp³-hybridized carbons (Fsp3) is 0.500. The van der Waals surface area contributed by atoms with Crippen LogP contribution in [0.4, 0.5) is 5.69 Å². The molecule has 1 aliphatic heterocycles. The second kappa shape index (κ2) is 6.36. The summed E-state index contributed by atoms with van der Waals surface area (Å²) < 4.78 is 5.56. The minimum absolute atomic E-state index is 0.00764. The molecule has 3 heterocycles. The molecule has 8 nitrogen and oxygen atoms in total. The van der Waals surface area contributed by atoms with Gasteiger partial charge in [-0.15, -0.1) is 0 Å². The van der Waals surface area contributed by atoms with Crippen molar-refractivity contribution >= 4 is 16.6 Å². The molecule has 0 amide bonds. The number of hydrogen-bond acceptors (Lipinski definition) is 7. The lowest BCUT2D eigenvalue weighted by Crippen LogP contribution is -2.44. The highest BCUT2D eigenvalue weighted by atomic mass is 16.5. The maximum absolute atomic E-state index is 12.3. The number of nitrogens with zero attached hydrogens (tertiary/aromatic N) is 3. The van der Waals surface area contributed by atoms with Gasteiger partial charge in [-0.3, -0.25) is 9.78 Å². The number of anilines is 1. The van der Waals surface area contributed by atoms with Crippen molar-refractivity contribution in [3.05, 3.63) is 33.9 Å². The molecule has 1 aliphatic rings. The third-order valence-electron chi connectivity index (χ3n) is 5.10. The van der Waals surface area contributed by atoms with Gasteiger partial charge in [-0.2, -0.15) is 5.26 Å².